The third kappa shape index (κ3) is 2.77. The van der Waals surface area contributed by atoms with Crippen LogP contribution in [0.2, 0.25) is 0 Å². The van der Waals surface area contributed by atoms with Crippen LogP contribution in [0.4, 0.5) is 11.5 Å². The van der Waals surface area contributed by atoms with Crippen LogP contribution in [0.5, 0.6) is 11.5 Å². The van der Waals surface area contributed by atoms with Crippen LogP contribution < -0.4 is 19.7 Å². The van der Waals surface area contributed by atoms with Crippen molar-refractivity contribution in [3.63, 3.8) is 0 Å². The van der Waals surface area contributed by atoms with Gasteiger partial charge in [-0.15, -0.1) is 10.2 Å². The van der Waals surface area contributed by atoms with Crippen molar-refractivity contribution >= 4 is 17.4 Å². The number of carbonyl (C=O) groups is 1. The molecule has 4 rings (SSSR count). The second kappa shape index (κ2) is 5.75. The molecule has 1 saturated heterocycles. The van der Waals surface area contributed by atoms with Crippen molar-refractivity contribution < 1.29 is 14.3 Å². The Bertz CT molecular complexity index is 727. The van der Waals surface area contributed by atoms with E-state index in [-0.39, 0.29) is 18.4 Å². The summed E-state index contributed by atoms with van der Waals surface area (Å²) in [6, 6.07) is 8.79. The third-order valence-corrected chi connectivity index (χ3v) is 3.94. The summed E-state index contributed by atoms with van der Waals surface area (Å²) < 4.78 is 10.5. The van der Waals surface area contributed by atoms with Gasteiger partial charge < -0.3 is 19.7 Å². The highest BCUT2D eigenvalue weighted by Crippen LogP contribution is 2.34. The van der Waals surface area contributed by atoms with Crippen LogP contribution >= 0.6 is 0 Å². The highest BCUT2D eigenvalue weighted by molar-refractivity contribution is 6.03. The Labute approximate surface area is 133 Å². The van der Waals surface area contributed by atoms with Crippen molar-refractivity contribution in [3.05, 3.63) is 36.0 Å². The molecule has 0 spiro atoms. The SMILES string of the molecule is O=C(Nc1ccc2c(c1)OCO2)c1ccc(N2CCCC2)nn1. The number of hydrogen-bond donors (Lipinski definition) is 1. The summed E-state index contributed by atoms with van der Waals surface area (Å²) in [5.74, 6) is 1.82. The van der Waals surface area contributed by atoms with Gasteiger partial charge in [0.05, 0.1) is 0 Å². The van der Waals surface area contributed by atoms with Crippen molar-refractivity contribution in [2.45, 2.75) is 12.8 Å². The van der Waals surface area contributed by atoms with Crippen molar-refractivity contribution in [1.29, 1.82) is 0 Å². The first-order valence-electron chi connectivity index (χ1n) is 7.59. The number of carbonyl (C=O) groups excluding carboxylic acids is 1. The highest BCUT2D eigenvalue weighted by atomic mass is 16.7. The van der Waals surface area contributed by atoms with Gasteiger partial charge in [0.15, 0.2) is 23.0 Å². The number of aromatic nitrogens is 2. The molecule has 7 heteroatoms. The van der Waals surface area contributed by atoms with Crippen molar-refractivity contribution in [2.75, 3.05) is 30.1 Å². The number of anilines is 2. The highest BCUT2D eigenvalue weighted by Gasteiger charge is 2.17. The number of hydrogen-bond acceptors (Lipinski definition) is 6. The van der Waals surface area contributed by atoms with Crippen LogP contribution in [-0.4, -0.2) is 36.0 Å². The third-order valence-electron chi connectivity index (χ3n) is 3.94. The molecule has 23 heavy (non-hydrogen) atoms. The zero-order chi connectivity index (χ0) is 15.6. The van der Waals surface area contributed by atoms with E-state index < -0.39 is 0 Å². The topological polar surface area (TPSA) is 76.6 Å². The fourth-order valence-electron chi connectivity index (χ4n) is 2.73. The first-order valence-corrected chi connectivity index (χ1v) is 7.59. The Morgan fingerprint density at radius 2 is 1.87 bits per heavy atom. The fraction of sp³-hybridized carbons (Fsp3) is 0.312. The summed E-state index contributed by atoms with van der Waals surface area (Å²) >= 11 is 0. The molecule has 0 aliphatic carbocycles. The minimum absolute atomic E-state index is 0.205. The predicted molar refractivity (Wildman–Crippen MR) is 84.0 cm³/mol. The number of fused-ring (bicyclic) bond motifs is 1. The van der Waals surface area contributed by atoms with Crippen molar-refractivity contribution in [2.24, 2.45) is 0 Å². The smallest absolute Gasteiger partial charge is 0.276 e. The van der Waals surface area contributed by atoms with Gasteiger partial charge in [-0.05, 0) is 37.1 Å². The van der Waals surface area contributed by atoms with E-state index in [9.17, 15) is 4.79 Å². The lowest BCUT2D eigenvalue weighted by atomic mass is 10.2. The Balaban J connectivity index is 1.46. The van der Waals surface area contributed by atoms with Crippen LogP contribution in [0.25, 0.3) is 0 Å². The zero-order valence-corrected chi connectivity index (χ0v) is 12.5. The molecular weight excluding hydrogens is 296 g/mol. The molecule has 0 atom stereocenters. The number of nitrogens with one attached hydrogen (secondary N) is 1. The second-order valence-corrected chi connectivity index (χ2v) is 5.49. The summed E-state index contributed by atoms with van der Waals surface area (Å²) in [7, 11) is 0. The molecule has 7 nitrogen and oxygen atoms in total. The summed E-state index contributed by atoms with van der Waals surface area (Å²) in [6.07, 6.45) is 2.35. The van der Waals surface area contributed by atoms with Gasteiger partial charge in [-0.1, -0.05) is 0 Å². The average Bonchev–Trinajstić information content (AvgIpc) is 3.26. The number of nitrogens with zero attached hydrogens (tertiary/aromatic N) is 3. The molecule has 3 heterocycles. The normalized spacial score (nSPS) is 15.7. The lowest BCUT2D eigenvalue weighted by Crippen LogP contribution is -2.21. The first kappa shape index (κ1) is 13.8. The van der Waals surface area contributed by atoms with Gasteiger partial charge in [-0.25, -0.2) is 0 Å². The predicted octanol–water partition coefficient (Wildman–Crippen LogP) is 2.06. The van der Waals surface area contributed by atoms with Crippen LogP contribution in [0.1, 0.15) is 23.3 Å². The van der Waals surface area contributed by atoms with Gasteiger partial charge in [0.1, 0.15) is 0 Å². The molecular formula is C16H16N4O3. The van der Waals surface area contributed by atoms with Crippen LogP contribution in [0.15, 0.2) is 30.3 Å². The minimum Gasteiger partial charge on any atom is -0.454 e. The number of amides is 1. The van der Waals surface area contributed by atoms with Crippen molar-refractivity contribution in [1.82, 2.24) is 10.2 Å². The maximum absolute atomic E-state index is 12.2. The molecule has 1 fully saturated rings. The van der Waals surface area contributed by atoms with E-state index >= 15 is 0 Å². The van der Waals surface area contributed by atoms with Gasteiger partial charge in [-0.2, -0.15) is 0 Å². The van der Waals surface area contributed by atoms with E-state index in [1.807, 2.05) is 6.07 Å². The van der Waals surface area contributed by atoms with E-state index in [0.717, 1.165) is 18.9 Å². The summed E-state index contributed by atoms with van der Waals surface area (Å²) in [6.45, 7) is 2.20. The van der Waals surface area contributed by atoms with Crippen LogP contribution in [-0.2, 0) is 0 Å². The van der Waals surface area contributed by atoms with Gasteiger partial charge >= 0.3 is 0 Å². The molecule has 1 aromatic heterocycles. The second-order valence-electron chi connectivity index (χ2n) is 5.49. The van der Waals surface area contributed by atoms with Crippen LogP contribution in [0.3, 0.4) is 0 Å². The zero-order valence-electron chi connectivity index (χ0n) is 12.5. The summed E-state index contributed by atoms with van der Waals surface area (Å²) in [5.41, 5.74) is 0.912. The molecule has 118 valence electrons. The van der Waals surface area contributed by atoms with Crippen molar-refractivity contribution in [3.8, 4) is 11.5 Å². The minimum atomic E-state index is -0.302. The summed E-state index contributed by atoms with van der Waals surface area (Å²) in [5, 5.41) is 11.0. The van der Waals surface area contributed by atoms with Gasteiger partial charge in [0.2, 0.25) is 6.79 Å². The van der Waals surface area contributed by atoms with Crippen LogP contribution in [0, 0.1) is 0 Å². The lowest BCUT2D eigenvalue weighted by molar-refractivity contribution is 0.102. The molecule has 0 unspecified atom stereocenters. The summed E-state index contributed by atoms with van der Waals surface area (Å²) in [4.78, 5) is 14.4. The van der Waals surface area contributed by atoms with E-state index in [2.05, 4.69) is 20.4 Å². The molecule has 2 aromatic rings. The molecule has 2 aliphatic heterocycles. The quantitative estimate of drug-likeness (QED) is 0.935. The molecule has 0 bridgehead atoms. The molecule has 1 N–H and O–H groups in total. The standard InChI is InChI=1S/C16H16N4O3/c21-16(17-11-3-5-13-14(9-11)23-10-22-13)12-4-6-15(19-18-12)20-7-1-2-8-20/h3-6,9H,1-2,7-8,10H2,(H,17,21). The Kier molecular flexibility index (Phi) is 3.45. The first-order chi connectivity index (χ1) is 11.3. The Morgan fingerprint density at radius 3 is 2.65 bits per heavy atom. The monoisotopic (exact) mass is 312 g/mol. The molecule has 1 amide bonds. The van der Waals surface area contributed by atoms with Gasteiger partial charge in [0.25, 0.3) is 5.91 Å². The van der Waals surface area contributed by atoms with Gasteiger partial charge in [-0.3, -0.25) is 4.79 Å². The molecule has 2 aliphatic rings. The number of ether oxygens (including phenoxy) is 2. The molecule has 0 radical (unpaired) electrons. The van der Waals surface area contributed by atoms with Gasteiger partial charge in [0, 0.05) is 24.8 Å². The fourth-order valence-corrected chi connectivity index (χ4v) is 2.73. The number of rotatable bonds is 3. The van der Waals surface area contributed by atoms with E-state index in [4.69, 9.17) is 9.47 Å². The van der Waals surface area contributed by atoms with E-state index in [0.29, 0.717) is 17.2 Å². The molecule has 1 aromatic carbocycles. The Hall–Kier alpha value is -2.83. The van der Waals surface area contributed by atoms with E-state index in [1.165, 1.54) is 12.8 Å². The lowest BCUT2D eigenvalue weighted by Gasteiger charge is -2.15. The largest absolute Gasteiger partial charge is 0.454 e. The van der Waals surface area contributed by atoms with E-state index in [1.54, 1.807) is 24.3 Å². The number of benzene rings is 1. The Morgan fingerprint density at radius 1 is 1.04 bits per heavy atom. The maximum Gasteiger partial charge on any atom is 0.276 e. The average molecular weight is 312 g/mol. The molecule has 0 saturated carbocycles. The maximum atomic E-state index is 12.2.